The lowest BCUT2D eigenvalue weighted by Gasteiger charge is -2.13. The number of nitrogens with one attached hydrogen (secondary N) is 1. The van der Waals surface area contributed by atoms with Gasteiger partial charge in [-0.1, -0.05) is 6.07 Å². The molecule has 1 N–H and O–H groups in total. The van der Waals surface area contributed by atoms with Crippen molar-refractivity contribution in [1.82, 2.24) is 9.55 Å². The maximum Gasteiger partial charge on any atom is 0.273 e. The third-order valence-corrected chi connectivity index (χ3v) is 5.37. The van der Waals surface area contributed by atoms with Crippen LogP contribution in [0.4, 0.5) is 11.4 Å². The molecule has 4 rings (SSSR count). The van der Waals surface area contributed by atoms with Crippen LogP contribution in [0.2, 0.25) is 0 Å². The van der Waals surface area contributed by atoms with Gasteiger partial charge in [-0.2, -0.15) is 0 Å². The molecule has 0 saturated heterocycles. The van der Waals surface area contributed by atoms with Crippen LogP contribution in [-0.2, 0) is 0 Å². The Morgan fingerprint density at radius 3 is 2.48 bits per heavy atom. The van der Waals surface area contributed by atoms with Crippen LogP contribution in [0.3, 0.4) is 0 Å². The summed E-state index contributed by atoms with van der Waals surface area (Å²) in [5.41, 5.74) is 1.53. The highest BCUT2D eigenvalue weighted by Gasteiger charge is 2.18. The first-order valence-corrected chi connectivity index (χ1v) is 10.0. The summed E-state index contributed by atoms with van der Waals surface area (Å²) in [4.78, 5) is 41.2. The van der Waals surface area contributed by atoms with Gasteiger partial charge in [0.15, 0.2) is 0 Å². The van der Waals surface area contributed by atoms with Gasteiger partial charge >= 0.3 is 0 Å². The van der Waals surface area contributed by atoms with Crippen molar-refractivity contribution in [3.63, 3.8) is 0 Å². The highest BCUT2D eigenvalue weighted by atomic mass is 16.6. The summed E-state index contributed by atoms with van der Waals surface area (Å²) in [5, 5.41) is 14.2. The fraction of sp³-hybridized carbons (Fsp3) is 0.125. The average molecular weight is 444 g/mol. The van der Waals surface area contributed by atoms with E-state index in [1.807, 2.05) is 0 Å². The minimum absolute atomic E-state index is 0.136. The van der Waals surface area contributed by atoms with E-state index in [-0.39, 0.29) is 22.4 Å². The van der Waals surface area contributed by atoms with Crippen LogP contribution in [0.5, 0.6) is 5.75 Å². The smallest absolute Gasteiger partial charge is 0.273 e. The van der Waals surface area contributed by atoms with E-state index in [9.17, 15) is 19.7 Å². The Morgan fingerprint density at radius 2 is 1.82 bits per heavy atom. The second-order valence-electron chi connectivity index (χ2n) is 7.39. The fourth-order valence-corrected chi connectivity index (χ4v) is 3.68. The molecule has 0 fully saturated rings. The summed E-state index contributed by atoms with van der Waals surface area (Å²) in [6.07, 6.45) is 0. The number of aromatic nitrogens is 2. The minimum atomic E-state index is -0.530. The van der Waals surface area contributed by atoms with Crippen LogP contribution in [-0.4, -0.2) is 27.5 Å². The summed E-state index contributed by atoms with van der Waals surface area (Å²) in [6.45, 7) is 3.26. The Hall–Kier alpha value is -4.53. The first-order valence-electron chi connectivity index (χ1n) is 10.0. The van der Waals surface area contributed by atoms with Gasteiger partial charge in [0.05, 0.1) is 28.6 Å². The molecule has 0 saturated carbocycles. The summed E-state index contributed by atoms with van der Waals surface area (Å²) in [7, 11) is 1.56. The van der Waals surface area contributed by atoms with E-state index in [1.54, 1.807) is 56.5 Å². The maximum absolute atomic E-state index is 13.3. The highest BCUT2D eigenvalue weighted by Crippen LogP contribution is 2.23. The number of hydrogen-bond acceptors (Lipinski definition) is 6. The van der Waals surface area contributed by atoms with Gasteiger partial charge in [-0.15, -0.1) is 0 Å². The molecule has 0 aliphatic carbocycles. The fourth-order valence-electron chi connectivity index (χ4n) is 3.68. The van der Waals surface area contributed by atoms with E-state index < -0.39 is 10.8 Å². The molecular weight excluding hydrogens is 424 g/mol. The monoisotopic (exact) mass is 444 g/mol. The zero-order chi connectivity index (χ0) is 23.7. The second-order valence-corrected chi connectivity index (χ2v) is 7.39. The van der Waals surface area contributed by atoms with Gasteiger partial charge in [0.1, 0.15) is 11.6 Å². The van der Waals surface area contributed by atoms with Crippen molar-refractivity contribution in [2.24, 2.45) is 0 Å². The van der Waals surface area contributed by atoms with Crippen LogP contribution < -0.4 is 15.6 Å². The van der Waals surface area contributed by atoms with Gasteiger partial charge in [-0.05, 0) is 62.4 Å². The van der Waals surface area contributed by atoms with Crippen LogP contribution in [0.15, 0.2) is 65.5 Å². The number of anilines is 1. The van der Waals surface area contributed by atoms with Crippen molar-refractivity contribution in [2.75, 3.05) is 12.4 Å². The number of nitro benzene ring substituents is 1. The Kier molecular flexibility index (Phi) is 5.61. The molecule has 0 spiro atoms. The van der Waals surface area contributed by atoms with Crippen molar-refractivity contribution >= 4 is 28.2 Å². The average Bonchev–Trinajstić information content (AvgIpc) is 2.80. The van der Waals surface area contributed by atoms with Crippen molar-refractivity contribution < 1.29 is 14.5 Å². The van der Waals surface area contributed by atoms with Gasteiger partial charge in [-0.25, -0.2) is 4.98 Å². The van der Waals surface area contributed by atoms with Gasteiger partial charge in [0, 0.05) is 22.9 Å². The zero-order valence-corrected chi connectivity index (χ0v) is 18.2. The topological polar surface area (TPSA) is 116 Å². The Balaban J connectivity index is 1.73. The van der Waals surface area contributed by atoms with E-state index in [1.165, 1.54) is 29.7 Å². The zero-order valence-electron chi connectivity index (χ0n) is 18.2. The number of hydrogen-bond donors (Lipinski definition) is 1. The number of carbonyl (C=O) groups excluding carboxylic acids is 1. The second kappa shape index (κ2) is 8.54. The van der Waals surface area contributed by atoms with Crippen LogP contribution in [0.1, 0.15) is 21.7 Å². The molecule has 9 nitrogen and oxygen atoms in total. The number of ether oxygens (including phenoxy) is 1. The number of fused-ring (bicyclic) bond motifs is 1. The van der Waals surface area contributed by atoms with Crippen molar-refractivity contribution in [3.8, 4) is 11.4 Å². The molecule has 33 heavy (non-hydrogen) atoms. The molecule has 9 heteroatoms. The number of aryl methyl sites for hydroxylation is 1. The summed E-state index contributed by atoms with van der Waals surface area (Å²) in [5.74, 6) is 0.674. The molecule has 0 unspecified atom stereocenters. The number of methoxy groups -OCH3 is 1. The molecule has 0 aliphatic heterocycles. The van der Waals surface area contributed by atoms with E-state index in [2.05, 4.69) is 10.3 Å². The first-order chi connectivity index (χ1) is 15.8. The van der Waals surface area contributed by atoms with Crippen LogP contribution >= 0.6 is 0 Å². The normalized spacial score (nSPS) is 10.8. The molecule has 1 heterocycles. The Bertz CT molecular complexity index is 1460. The number of amides is 1. The molecule has 3 aromatic carbocycles. The largest absolute Gasteiger partial charge is 0.497 e. The molecule has 166 valence electrons. The van der Waals surface area contributed by atoms with E-state index in [4.69, 9.17) is 4.74 Å². The molecule has 0 atom stereocenters. The lowest BCUT2D eigenvalue weighted by atomic mass is 10.1. The number of carbonyl (C=O) groups is 1. The van der Waals surface area contributed by atoms with Crippen molar-refractivity contribution in [1.29, 1.82) is 0 Å². The quantitative estimate of drug-likeness (QED) is 0.365. The highest BCUT2D eigenvalue weighted by molar-refractivity contribution is 6.06. The molecule has 1 aromatic heterocycles. The molecule has 4 aromatic rings. The Labute approximate surface area is 188 Å². The SMILES string of the molecule is COc1ccc(-n2c(C)nc3ccc(NC(=O)c4cccc([N+](=O)[O-])c4C)cc3c2=O)cc1. The number of rotatable bonds is 5. The van der Waals surface area contributed by atoms with Crippen molar-refractivity contribution in [3.05, 3.63) is 98.1 Å². The molecular formula is C24H20N4O5. The summed E-state index contributed by atoms with van der Waals surface area (Å²) >= 11 is 0. The lowest BCUT2D eigenvalue weighted by Crippen LogP contribution is -2.22. The molecule has 0 bridgehead atoms. The third-order valence-electron chi connectivity index (χ3n) is 5.37. The Morgan fingerprint density at radius 1 is 1.09 bits per heavy atom. The molecule has 1 amide bonds. The molecule has 0 aliphatic rings. The van der Waals surface area contributed by atoms with E-state index >= 15 is 0 Å². The standard InChI is InChI=1S/C24H20N4O5/c1-14-19(5-4-6-22(14)28(31)32)23(29)26-16-7-12-21-20(13-16)24(30)27(15(2)25-21)17-8-10-18(33-3)11-9-17/h4-13H,1-3H3,(H,26,29). The number of nitrogens with zero attached hydrogens (tertiary/aromatic N) is 3. The summed E-state index contributed by atoms with van der Waals surface area (Å²) in [6, 6.07) is 16.2. The molecule has 0 radical (unpaired) electrons. The van der Waals surface area contributed by atoms with Crippen molar-refractivity contribution in [2.45, 2.75) is 13.8 Å². The predicted octanol–water partition coefficient (Wildman–Crippen LogP) is 4.17. The lowest BCUT2D eigenvalue weighted by molar-refractivity contribution is -0.385. The van der Waals surface area contributed by atoms with E-state index in [0.717, 1.165) is 0 Å². The third kappa shape index (κ3) is 4.03. The predicted molar refractivity (Wildman–Crippen MR) is 124 cm³/mol. The first kappa shape index (κ1) is 21.7. The maximum atomic E-state index is 13.3. The number of nitro groups is 1. The van der Waals surface area contributed by atoms with Crippen LogP contribution in [0.25, 0.3) is 16.6 Å². The minimum Gasteiger partial charge on any atom is -0.497 e. The van der Waals surface area contributed by atoms with Gasteiger partial charge in [-0.3, -0.25) is 24.3 Å². The van der Waals surface area contributed by atoms with Gasteiger partial charge < -0.3 is 10.1 Å². The van der Waals surface area contributed by atoms with E-state index in [0.29, 0.717) is 33.9 Å². The number of benzene rings is 3. The summed E-state index contributed by atoms with van der Waals surface area (Å²) < 4.78 is 6.66. The van der Waals surface area contributed by atoms with Gasteiger partial charge in [0.25, 0.3) is 17.2 Å². The van der Waals surface area contributed by atoms with Crippen LogP contribution in [0, 0.1) is 24.0 Å². The van der Waals surface area contributed by atoms with Gasteiger partial charge in [0.2, 0.25) is 0 Å².